The van der Waals surface area contributed by atoms with Gasteiger partial charge >= 0.3 is 23.9 Å². The Balaban J connectivity index is 6.09. The Morgan fingerprint density at radius 2 is 0.588 bits per heavy atom. The van der Waals surface area contributed by atoms with Crippen LogP contribution in [0.1, 0.15) is 291 Å². The summed E-state index contributed by atoms with van der Waals surface area (Å²) in [6.07, 6.45) is 39.3. The van der Waals surface area contributed by atoms with Gasteiger partial charge in [-0.1, -0.05) is 233 Å². The molecule has 0 bridgehead atoms. The predicted molar refractivity (Wildman–Crippen MR) is 282 cm³/mol. The zero-order valence-corrected chi connectivity index (χ0v) is 45.7. The van der Waals surface area contributed by atoms with Crippen LogP contribution in [0, 0.1) is 0 Å². The van der Waals surface area contributed by atoms with E-state index in [1.165, 1.54) is 141 Å². The summed E-state index contributed by atoms with van der Waals surface area (Å²) in [4.78, 5) is 55.8. The third-order valence-corrected chi connectivity index (χ3v) is 13.1. The van der Waals surface area contributed by atoms with Gasteiger partial charge in [-0.3, -0.25) is 19.2 Å². The predicted octanol–water partition coefficient (Wildman–Crippen LogP) is 15.9. The maximum atomic E-state index is 13.6. The molecular formula is C58H111NO9. The van der Waals surface area contributed by atoms with Crippen LogP contribution in [-0.2, 0) is 42.9 Å². The number of carbonyl (C=O) groups is 4. The van der Waals surface area contributed by atoms with Crippen LogP contribution in [0.15, 0.2) is 0 Å². The van der Waals surface area contributed by atoms with Gasteiger partial charge in [0, 0.05) is 32.3 Å². The molecule has 0 radical (unpaired) electrons. The smallest absolute Gasteiger partial charge is 0.306 e. The lowest BCUT2D eigenvalue weighted by Gasteiger charge is -2.32. The van der Waals surface area contributed by atoms with Gasteiger partial charge < -0.3 is 28.6 Å². The zero-order valence-electron chi connectivity index (χ0n) is 45.7. The van der Waals surface area contributed by atoms with Crippen molar-refractivity contribution in [1.29, 1.82) is 0 Å². The number of carbonyl (C=O) groups excluding carboxylic acids is 4. The van der Waals surface area contributed by atoms with Crippen molar-refractivity contribution < 1.29 is 42.9 Å². The quantitative estimate of drug-likeness (QED) is 0.0331. The van der Waals surface area contributed by atoms with Crippen molar-refractivity contribution in [2.24, 2.45) is 0 Å². The molecule has 0 aliphatic carbocycles. The molecule has 0 aromatic rings. The number of nitrogens with zero attached hydrogens (tertiary/aromatic N) is 1. The first-order valence-corrected chi connectivity index (χ1v) is 29.1. The Labute approximate surface area is 420 Å². The SMILES string of the molecule is CCCCCCCCCCCC(=O)OCC(OC(=O)CCCCCCCCCCC)C(OCCCN(C)C)C(COC(=O)CCCCCCCCCCC)OC(=O)CCCCCCCCCCC. The fraction of sp³-hybridized carbons (Fsp3) is 0.931. The summed E-state index contributed by atoms with van der Waals surface area (Å²) in [6.45, 7) is 9.47. The largest absolute Gasteiger partial charge is 0.462 e. The van der Waals surface area contributed by atoms with Crippen molar-refractivity contribution in [2.75, 3.05) is 40.5 Å². The molecule has 0 heterocycles. The van der Waals surface area contributed by atoms with Crippen molar-refractivity contribution in [3.05, 3.63) is 0 Å². The molecule has 0 spiro atoms. The lowest BCUT2D eigenvalue weighted by atomic mass is 10.1. The van der Waals surface area contributed by atoms with Gasteiger partial charge in [0.1, 0.15) is 19.3 Å². The minimum absolute atomic E-state index is 0.225. The highest BCUT2D eigenvalue weighted by molar-refractivity contribution is 5.71. The minimum Gasteiger partial charge on any atom is -0.462 e. The van der Waals surface area contributed by atoms with E-state index in [-0.39, 0.29) is 57.4 Å². The highest BCUT2D eigenvalue weighted by Crippen LogP contribution is 2.21. The van der Waals surface area contributed by atoms with E-state index in [1.54, 1.807) is 0 Å². The summed E-state index contributed by atoms with van der Waals surface area (Å²) in [6, 6.07) is 0. The van der Waals surface area contributed by atoms with E-state index in [9.17, 15) is 19.2 Å². The molecule has 402 valence electrons. The van der Waals surface area contributed by atoms with Gasteiger partial charge in [-0.15, -0.1) is 0 Å². The molecule has 0 fully saturated rings. The molecule has 10 heteroatoms. The summed E-state index contributed by atoms with van der Waals surface area (Å²) >= 11 is 0. The van der Waals surface area contributed by atoms with Crippen LogP contribution in [0.3, 0.4) is 0 Å². The van der Waals surface area contributed by atoms with Crippen LogP contribution < -0.4 is 0 Å². The first-order valence-electron chi connectivity index (χ1n) is 29.1. The molecule has 0 aromatic heterocycles. The van der Waals surface area contributed by atoms with Crippen LogP contribution in [0.25, 0.3) is 0 Å². The van der Waals surface area contributed by atoms with Crippen LogP contribution in [0.5, 0.6) is 0 Å². The second kappa shape index (κ2) is 51.2. The first-order chi connectivity index (χ1) is 33.2. The standard InChI is InChI=1S/C58H111NO9/c1-7-11-15-19-23-27-31-35-39-44-54(60)65-50-52(67-56(62)46-41-37-33-29-25-21-17-13-9-3)58(64-49-43-48-59(5)6)53(68-57(63)47-42-38-34-30-26-22-18-14-10-4)51-66-55(61)45-40-36-32-28-24-20-16-12-8-2/h52-53,58H,7-51H2,1-6H3. The highest BCUT2D eigenvalue weighted by Gasteiger charge is 2.38. The second-order valence-electron chi connectivity index (χ2n) is 20.2. The molecule has 0 saturated heterocycles. The monoisotopic (exact) mass is 966 g/mol. The summed E-state index contributed by atoms with van der Waals surface area (Å²) in [5, 5.41) is 0. The van der Waals surface area contributed by atoms with E-state index in [1.807, 2.05) is 14.1 Å². The van der Waals surface area contributed by atoms with Gasteiger partial charge in [0.15, 0.2) is 12.2 Å². The third kappa shape index (κ3) is 45.0. The van der Waals surface area contributed by atoms with E-state index in [4.69, 9.17) is 23.7 Å². The number of rotatable bonds is 53. The zero-order chi connectivity index (χ0) is 50.0. The summed E-state index contributed by atoms with van der Waals surface area (Å²) in [5.74, 6) is -1.52. The van der Waals surface area contributed by atoms with Crippen molar-refractivity contribution in [3.8, 4) is 0 Å². The molecule has 0 aliphatic heterocycles. The average Bonchev–Trinajstić information content (AvgIpc) is 3.32. The fourth-order valence-corrected chi connectivity index (χ4v) is 8.72. The molecule has 0 aromatic carbocycles. The van der Waals surface area contributed by atoms with E-state index < -0.39 is 30.3 Å². The molecule has 0 aliphatic rings. The van der Waals surface area contributed by atoms with Crippen LogP contribution in [0.2, 0.25) is 0 Å². The Morgan fingerprint density at radius 1 is 0.338 bits per heavy atom. The Bertz CT molecular complexity index is 1050. The number of ether oxygens (including phenoxy) is 5. The average molecular weight is 967 g/mol. The lowest BCUT2D eigenvalue weighted by Crippen LogP contribution is -2.49. The summed E-state index contributed by atoms with van der Waals surface area (Å²) in [7, 11) is 3.98. The summed E-state index contributed by atoms with van der Waals surface area (Å²) in [5.41, 5.74) is 0. The Kier molecular flexibility index (Phi) is 49.5. The normalized spacial score (nSPS) is 12.8. The van der Waals surface area contributed by atoms with Crippen LogP contribution in [-0.4, -0.2) is 87.5 Å². The molecule has 0 saturated carbocycles. The van der Waals surface area contributed by atoms with E-state index in [0.717, 1.165) is 83.6 Å². The number of hydrogen-bond donors (Lipinski definition) is 0. The topological polar surface area (TPSA) is 118 Å². The van der Waals surface area contributed by atoms with Crippen molar-refractivity contribution >= 4 is 23.9 Å². The fourth-order valence-electron chi connectivity index (χ4n) is 8.72. The molecule has 68 heavy (non-hydrogen) atoms. The van der Waals surface area contributed by atoms with Gasteiger partial charge in [-0.25, -0.2) is 0 Å². The minimum atomic E-state index is -1.06. The van der Waals surface area contributed by atoms with Crippen LogP contribution >= 0.6 is 0 Å². The molecule has 2 unspecified atom stereocenters. The second-order valence-corrected chi connectivity index (χ2v) is 20.2. The van der Waals surface area contributed by atoms with Gasteiger partial charge in [0.05, 0.1) is 0 Å². The molecule has 0 rings (SSSR count). The molecule has 10 nitrogen and oxygen atoms in total. The number of hydrogen-bond acceptors (Lipinski definition) is 10. The van der Waals surface area contributed by atoms with E-state index >= 15 is 0 Å². The highest BCUT2D eigenvalue weighted by atomic mass is 16.6. The van der Waals surface area contributed by atoms with Crippen LogP contribution in [0.4, 0.5) is 0 Å². The molecular weight excluding hydrogens is 855 g/mol. The molecule has 0 amide bonds. The Hall–Kier alpha value is -2.20. The van der Waals surface area contributed by atoms with Gasteiger partial charge in [-0.05, 0) is 52.7 Å². The van der Waals surface area contributed by atoms with Crippen molar-refractivity contribution in [3.63, 3.8) is 0 Å². The number of esters is 4. The van der Waals surface area contributed by atoms with Gasteiger partial charge in [0.2, 0.25) is 0 Å². The van der Waals surface area contributed by atoms with Crippen molar-refractivity contribution in [2.45, 2.75) is 309 Å². The molecule has 2 atom stereocenters. The van der Waals surface area contributed by atoms with Crippen molar-refractivity contribution in [1.82, 2.24) is 4.90 Å². The third-order valence-electron chi connectivity index (χ3n) is 13.1. The van der Waals surface area contributed by atoms with Gasteiger partial charge in [-0.2, -0.15) is 0 Å². The summed E-state index contributed by atoms with van der Waals surface area (Å²) < 4.78 is 30.7. The maximum absolute atomic E-state index is 13.6. The molecule has 0 N–H and O–H groups in total. The van der Waals surface area contributed by atoms with E-state index in [0.29, 0.717) is 19.3 Å². The maximum Gasteiger partial charge on any atom is 0.306 e. The number of unbranched alkanes of at least 4 members (excludes halogenated alkanes) is 32. The first kappa shape index (κ1) is 65.8. The Morgan fingerprint density at radius 3 is 0.853 bits per heavy atom. The van der Waals surface area contributed by atoms with Gasteiger partial charge in [0.25, 0.3) is 0 Å². The lowest BCUT2D eigenvalue weighted by molar-refractivity contribution is -0.193. The van der Waals surface area contributed by atoms with E-state index in [2.05, 4.69) is 32.6 Å².